The first-order valence-corrected chi connectivity index (χ1v) is 9.07. The lowest BCUT2D eigenvalue weighted by molar-refractivity contribution is 0.373. The molecule has 0 unspecified atom stereocenters. The van der Waals surface area contributed by atoms with Crippen LogP contribution in [-0.2, 0) is 0 Å². The van der Waals surface area contributed by atoms with Crippen LogP contribution in [0.4, 0.5) is 5.69 Å². The van der Waals surface area contributed by atoms with Gasteiger partial charge in [-0.15, -0.1) is 0 Å². The van der Waals surface area contributed by atoms with E-state index in [2.05, 4.69) is 9.98 Å². The van der Waals surface area contributed by atoms with Gasteiger partial charge in [0.05, 0.1) is 22.8 Å². The van der Waals surface area contributed by atoms with Crippen molar-refractivity contribution in [1.29, 1.82) is 0 Å². The molecule has 4 rings (SSSR count). The maximum atomic E-state index is 10.1. The van der Waals surface area contributed by atoms with E-state index in [1.54, 1.807) is 60.8 Å². The second-order valence-corrected chi connectivity index (χ2v) is 6.77. The molecule has 140 valence electrons. The predicted octanol–water partition coefficient (Wildman–Crippen LogP) is 6.27. The Bertz CT molecular complexity index is 1200. The van der Waals surface area contributed by atoms with Crippen LogP contribution in [0.15, 0.2) is 64.0 Å². The molecule has 0 atom stereocenters. The van der Waals surface area contributed by atoms with Crippen LogP contribution >= 0.6 is 23.2 Å². The third-order valence-corrected chi connectivity index (χ3v) is 4.88. The second-order valence-electron chi connectivity index (χ2n) is 5.96. The first-order valence-electron chi connectivity index (χ1n) is 8.31. The van der Waals surface area contributed by atoms with Crippen molar-refractivity contribution < 1.29 is 14.3 Å². The van der Waals surface area contributed by atoms with Gasteiger partial charge in [0.1, 0.15) is 5.52 Å². The molecule has 0 saturated heterocycles. The number of methoxy groups -OCH3 is 1. The normalized spacial score (nSPS) is 11.4. The van der Waals surface area contributed by atoms with Crippen LogP contribution in [0.5, 0.6) is 11.5 Å². The van der Waals surface area contributed by atoms with E-state index in [0.717, 1.165) is 5.56 Å². The summed E-state index contributed by atoms with van der Waals surface area (Å²) in [6.07, 6.45) is 1.57. The van der Waals surface area contributed by atoms with Crippen LogP contribution < -0.4 is 4.74 Å². The van der Waals surface area contributed by atoms with E-state index < -0.39 is 0 Å². The summed E-state index contributed by atoms with van der Waals surface area (Å²) in [5.41, 5.74) is 3.24. The third kappa shape index (κ3) is 3.54. The summed E-state index contributed by atoms with van der Waals surface area (Å²) in [7, 11) is 1.50. The fraction of sp³-hybridized carbons (Fsp3) is 0.0476. The van der Waals surface area contributed by atoms with Gasteiger partial charge >= 0.3 is 0 Å². The molecule has 1 N–H and O–H groups in total. The Morgan fingerprint density at radius 1 is 1.07 bits per heavy atom. The first kappa shape index (κ1) is 18.3. The number of halogens is 2. The Morgan fingerprint density at radius 3 is 2.71 bits per heavy atom. The first-order chi connectivity index (χ1) is 13.5. The molecule has 0 aliphatic rings. The van der Waals surface area contributed by atoms with Gasteiger partial charge in [-0.25, -0.2) is 4.98 Å². The van der Waals surface area contributed by atoms with Gasteiger partial charge in [-0.3, -0.25) is 4.99 Å². The van der Waals surface area contributed by atoms with Crippen molar-refractivity contribution >= 4 is 46.2 Å². The molecule has 0 aliphatic heterocycles. The van der Waals surface area contributed by atoms with E-state index in [1.165, 1.54) is 7.11 Å². The quantitative estimate of drug-likeness (QED) is 0.401. The largest absolute Gasteiger partial charge is 0.504 e. The number of phenolic OH excluding ortho intramolecular Hbond substituents is 1. The summed E-state index contributed by atoms with van der Waals surface area (Å²) in [6, 6.07) is 15.8. The number of aliphatic imine (C=N–C) groups is 1. The molecule has 7 heteroatoms. The van der Waals surface area contributed by atoms with E-state index in [-0.39, 0.29) is 5.75 Å². The Balaban J connectivity index is 1.66. The summed E-state index contributed by atoms with van der Waals surface area (Å²) in [4.78, 5) is 8.91. The maximum absolute atomic E-state index is 10.1. The minimum Gasteiger partial charge on any atom is -0.504 e. The van der Waals surface area contributed by atoms with E-state index in [9.17, 15) is 5.11 Å². The highest BCUT2D eigenvalue weighted by molar-refractivity contribution is 6.42. The lowest BCUT2D eigenvalue weighted by atomic mass is 10.2. The molecule has 0 saturated carbocycles. The molecule has 5 nitrogen and oxygen atoms in total. The number of hydrogen-bond acceptors (Lipinski definition) is 5. The van der Waals surface area contributed by atoms with Gasteiger partial charge in [-0.05, 0) is 48.5 Å². The van der Waals surface area contributed by atoms with Crippen molar-refractivity contribution in [3.63, 3.8) is 0 Å². The van der Waals surface area contributed by atoms with Gasteiger partial charge in [-0.1, -0.05) is 29.3 Å². The third-order valence-electron chi connectivity index (χ3n) is 4.14. The number of benzene rings is 3. The van der Waals surface area contributed by atoms with Crippen molar-refractivity contribution in [3.8, 4) is 23.0 Å². The molecule has 1 heterocycles. The minimum atomic E-state index is 0.0400. The number of oxazole rings is 1. The van der Waals surface area contributed by atoms with E-state index in [4.69, 9.17) is 32.4 Å². The molecule has 0 spiro atoms. The number of fused-ring (bicyclic) bond motifs is 1. The average Bonchev–Trinajstić information content (AvgIpc) is 3.12. The van der Waals surface area contributed by atoms with Gasteiger partial charge < -0.3 is 14.3 Å². The number of aromatic nitrogens is 1. The van der Waals surface area contributed by atoms with Crippen molar-refractivity contribution in [2.24, 2.45) is 4.99 Å². The van der Waals surface area contributed by atoms with Crippen molar-refractivity contribution in [1.82, 2.24) is 4.98 Å². The SMILES string of the molecule is COc1cccc(C=Nc2ccc3oc(-c4ccc(Cl)c(Cl)c4)nc3c2)c1O. The number of hydrogen-bond donors (Lipinski definition) is 1. The predicted molar refractivity (Wildman–Crippen MR) is 111 cm³/mol. The number of para-hydroxylation sites is 1. The van der Waals surface area contributed by atoms with Crippen LogP contribution in [0.2, 0.25) is 10.0 Å². The number of phenols is 1. The lowest BCUT2D eigenvalue weighted by Crippen LogP contribution is -1.88. The molecule has 0 bridgehead atoms. The average molecular weight is 413 g/mol. The van der Waals surface area contributed by atoms with Gasteiger partial charge in [-0.2, -0.15) is 0 Å². The molecule has 0 fully saturated rings. The van der Waals surface area contributed by atoms with Gasteiger partial charge in [0.25, 0.3) is 0 Å². The highest BCUT2D eigenvalue weighted by Gasteiger charge is 2.11. The van der Waals surface area contributed by atoms with Crippen LogP contribution in [0.25, 0.3) is 22.6 Å². The fourth-order valence-electron chi connectivity index (χ4n) is 2.70. The van der Waals surface area contributed by atoms with Gasteiger partial charge in [0, 0.05) is 17.3 Å². The molecule has 0 radical (unpaired) electrons. The molecule has 0 amide bonds. The van der Waals surface area contributed by atoms with Gasteiger partial charge in [0.15, 0.2) is 17.1 Å². The zero-order valence-corrected chi connectivity index (χ0v) is 16.2. The van der Waals surface area contributed by atoms with Crippen LogP contribution in [-0.4, -0.2) is 23.4 Å². The highest BCUT2D eigenvalue weighted by Crippen LogP contribution is 2.32. The topological polar surface area (TPSA) is 67.9 Å². The number of nitrogens with zero attached hydrogens (tertiary/aromatic N) is 2. The monoisotopic (exact) mass is 412 g/mol. The van der Waals surface area contributed by atoms with Gasteiger partial charge in [0.2, 0.25) is 5.89 Å². The molecule has 3 aromatic carbocycles. The Morgan fingerprint density at radius 2 is 1.93 bits per heavy atom. The minimum absolute atomic E-state index is 0.0400. The van der Waals surface area contributed by atoms with E-state index in [0.29, 0.717) is 44.0 Å². The smallest absolute Gasteiger partial charge is 0.227 e. The Hall–Kier alpha value is -3.02. The summed E-state index contributed by atoms with van der Waals surface area (Å²) >= 11 is 12.0. The number of rotatable bonds is 4. The molecule has 1 aromatic heterocycles. The van der Waals surface area contributed by atoms with Crippen molar-refractivity contribution in [2.75, 3.05) is 7.11 Å². The zero-order chi connectivity index (χ0) is 19.7. The molecular weight excluding hydrogens is 399 g/mol. The summed E-state index contributed by atoms with van der Waals surface area (Å²) in [6.45, 7) is 0. The van der Waals surface area contributed by atoms with Crippen LogP contribution in [0.3, 0.4) is 0 Å². The van der Waals surface area contributed by atoms with E-state index >= 15 is 0 Å². The molecular formula is C21H14Cl2N2O3. The summed E-state index contributed by atoms with van der Waals surface area (Å²) < 4.78 is 10.9. The van der Waals surface area contributed by atoms with Crippen molar-refractivity contribution in [2.45, 2.75) is 0 Å². The van der Waals surface area contributed by atoms with Crippen LogP contribution in [0.1, 0.15) is 5.56 Å². The molecule has 28 heavy (non-hydrogen) atoms. The Labute approximate surface area is 170 Å². The summed E-state index contributed by atoms with van der Waals surface area (Å²) in [5, 5.41) is 11.1. The zero-order valence-electron chi connectivity index (χ0n) is 14.7. The van der Waals surface area contributed by atoms with Crippen molar-refractivity contribution in [3.05, 3.63) is 70.2 Å². The summed E-state index contributed by atoms with van der Waals surface area (Å²) in [5.74, 6) is 0.875. The lowest BCUT2D eigenvalue weighted by Gasteiger charge is -2.04. The molecule has 4 aromatic rings. The second kappa shape index (κ2) is 7.54. The number of ether oxygens (including phenoxy) is 1. The van der Waals surface area contributed by atoms with E-state index in [1.807, 2.05) is 0 Å². The highest BCUT2D eigenvalue weighted by atomic mass is 35.5. The maximum Gasteiger partial charge on any atom is 0.227 e. The fourth-order valence-corrected chi connectivity index (χ4v) is 3.00. The standard InChI is InChI=1S/C21H14Cl2N2O3/c1-27-19-4-2-3-13(20(19)26)11-24-14-6-8-18-17(10-14)25-21(28-18)12-5-7-15(22)16(23)9-12/h2-11,26H,1H3. The Kier molecular flexibility index (Phi) is 4.94. The molecule has 0 aliphatic carbocycles. The van der Waals surface area contributed by atoms with Crippen LogP contribution in [0, 0.1) is 0 Å². The number of aromatic hydroxyl groups is 1.